The van der Waals surface area contributed by atoms with Gasteiger partial charge in [0.15, 0.2) is 0 Å². The second kappa shape index (κ2) is 8.14. The van der Waals surface area contributed by atoms with E-state index < -0.39 is 36.1 Å². The van der Waals surface area contributed by atoms with E-state index in [0.29, 0.717) is 25.9 Å². The Bertz CT molecular complexity index is 695. The number of halogens is 3. The number of nitrogens with zero attached hydrogens (tertiary/aromatic N) is 2. The van der Waals surface area contributed by atoms with E-state index in [2.05, 4.69) is 0 Å². The van der Waals surface area contributed by atoms with Gasteiger partial charge in [0.25, 0.3) is 0 Å². The quantitative estimate of drug-likeness (QED) is 0.720. The van der Waals surface area contributed by atoms with E-state index in [1.807, 2.05) is 30.3 Å². The molecular formula is C21H29F3N2O3. The van der Waals surface area contributed by atoms with E-state index in [-0.39, 0.29) is 13.1 Å². The van der Waals surface area contributed by atoms with Gasteiger partial charge in [-0.2, -0.15) is 13.2 Å². The van der Waals surface area contributed by atoms with E-state index in [4.69, 9.17) is 9.47 Å². The van der Waals surface area contributed by atoms with Crippen LogP contribution in [0.15, 0.2) is 30.3 Å². The molecule has 0 N–H and O–H groups in total. The molecule has 3 rings (SSSR count). The highest BCUT2D eigenvalue weighted by atomic mass is 19.4. The van der Waals surface area contributed by atoms with Crippen molar-refractivity contribution >= 4 is 6.09 Å². The van der Waals surface area contributed by atoms with Crippen molar-refractivity contribution < 1.29 is 27.4 Å². The Balaban J connectivity index is 1.72. The summed E-state index contributed by atoms with van der Waals surface area (Å²) >= 11 is 0. The van der Waals surface area contributed by atoms with Gasteiger partial charge in [-0.1, -0.05) is 30.3 Å². The molecule has 162 valence electrons. The number of carbonyl (C=O) groups is 1. The van der Waals surface area contributed by atoms with Crippen molar-refractivity contribution in [3.8, 4) is 0 Å². The number of hydrogen-bond donors (Lipinski definition) is 0. The molecule has 5 nitrogen and oxygen atoms in total. The molecule has 0 radical (unpaired) electrons. The average molecular weight is 414 g/mol. The largest absolute Gasteiger partial charge is 0.444 e. The molecule has 8 heteroatoms. The summed E-state index contributed by atoms with van der Waals surface area (Å²) in [6, 6.07) is 9.35. The predicted octanol–water partition coefficient (Wildman–Crippen LogP) is 4.39. The third kappa shape index (κ3) is 6.09. The smallest absolute Gasteiger partial charge is 0.410 e. The molecule has 0 aliphatic carbocycles. The van der Waals surface area contributed by atoms with Crippen LogP contribution in [0.5, 0.6) is 0 Å². The van der Waals surface area contributed by atoms with Crippen LogP contribution in [0.2, 0.25) is 0 Å². The molecule has 0 aromatic heterocycles. The van der Waals surface area contributed by atoms with Crippen LogP contribution in [0.4, 0.5) is 18.0 Å². The first-order chi connectivity index (χ1) is 13.4. The molecule has 2 saturated heterocycles. The third-order valence-electron chi connectivity index (χ3n) is 5.23. The van der Waals surface area contributed by atoms with Gasteiger partial charge in [-0.3, -0.25) is 4.90 Å². The number of benzene rings is 1. The number of likely N-dealkylation sites (tertiary alicyclic amines) is 1. The number of alkyl halides is 3. The minimum atomic E-state index is -4.27. The molecule has 1 unspecified atom stereocenters. The molecule has 2 heterocycles. The van der Waals surface area contributed by atoms with Crippen LogP contribution in [0.1, 0.15) is 45.3 Å². The lowest BCUT2D eigenvalue weighted by molar-refractivity contribution is -0.206. The zero-order chi connectivity index (χ0) is 21.3. The van der Waals surface area contributed by atoms with Gasteiger partial charge < -0.3 is 14.4 Å². The lowest BCUT2D eigenvalue weighted by Gasteiger charge is -2.50. The van der Waals surface area contributed by atoms with Gasteiger partial charge in [0.05, 0.1) is 18.2 Å². The van der Waals surface area contributed by atoms with Crippen LogP contribution in [0.25, 0.3) is 0 Å². The second-order valence-electron chi connectivity index (χ2n) is 8.95. The van der Waals surface area contributed by atoms with E-state index in [0.717, 1.165) is 5.56 Å². The summed E-state index contributed by atoms with van der Waals surface area (Å²) in [5.41, 5.74) is -0.425. The molecular weight excluding hydrogens is 385 g/mol. The van der Waals surface area contributed by atoms with Gasteiger partial charge in [0.2, 0.25) is 0 Å². The summed E-state index contributed by atoms with van der Waals surface area (Å²) in [6.45, 7) is 5.66. The highest BCUT2D eigenvalue weighted by molar-refractivity contribution is 5.68. The maximum atomic E-state index is 13.1. The highest BCUT2D eigenvalue weighted by Crippen LogP contribution is 2.39. The molecule has 1 spiro atoms. The van der Waals surface area contributed by atoms with Crippen molar-refractivity contribution in [2.75, 3.05) is 32.7 Å². The maximum Gasteiger partial charge on any atom is 0.410 e. The van der Waals surface area contributed by atoms with Crippen LogP contribution in [-0.2, 0) is 9.47 Å². The molecule has 1 amide bonds. The van der Waals surface area contributed by atoms with Gasteiger partial charge in [0.1, 0.15) is 5.60 Å². The standard InChI is InChI=1S/C21H29F3N2O3/c1-19(2,3)29-18(27)26-11-9-20(10-12-26)14-25(15-21(22,23)24)13-17(28-20)16-7-5-4-6-8-16/h4-8,17H,9-15H2,1-3H3. The second-order valence-corrected chi connectivity index (χ2v) is 8.95. The van der Waals surface area contributed by atoms with E-state index >= 15 is 0 Å². The van der Waals surface area contributed by atoms with Crippen LogP contribution >= 0.6 is 0 Å². The van der Waals surface area contributed by atoms with Crippen molar-refractivity contribution in [2.45, 2.75) is 57.1 Å². The van der Waals surface area contributed by atoms with E-state index in [1.54, 1.807) is 25.7 Å². The summed E-state index contributed by atoms with van der Waals surface area (Å²) in [7, 11) is 0. The Labute approximate surface area is 169 Å². The van der Waals surface area contributed by atoms with Crippen molar-refractivity contribution in [3.05, 3.63) is 35.9 Å². The van der Waals surface area contributed by atoms with E-state index in [1.165, 1.54) is 4.90 Å². The molecule has 1 atom stereocenters. The number of carbonyl (C=O) groups excluding carboxylic acids is 1. The Morgan fingerprint density at radius 2 is 1.79 bits per heavy atom. The average Bonchev–Trinajstić information content (AvgIpc) is 2.60. The lowest BCUT2D eigenvalue weighted by atomic mass is 9.88. The van der Waals surface area contributed by atoms with Gasteiger partial charge in [-0.15, -0.1) is 0 Å². The number of hydrogen-bond acceptors (Lipinski definition) is 4. The van der Waals surface area contributed by atoms with Crippen molar-refractivity contribution in [1.29, 1.82) is 0 Å². The minimum absolute atomic E-state index is 0.195. The first-order valence-corrected chi connectivity index (χ1v) is 9.95. The fourth-order valence-corrected chi connectivity index (χ4v) is 4.00. The maximum absolute atomic E-state index is 13.1. The van der Waals surface area contributed by atoms with Gasteiger partial charge >= 0.3 is 12.3 Å². The summed E-state index contributed by atoms with van der Waals surface area (Å²) < 4.78 is 51.1. The van der Waals surface area contributed by atoms with Crippen molar-refractivity contribution in [2.24, 2.45) is 0 Å². The zero-order valence-electron chi connectivity index (χ0n) is 17.2. The number of amides is 1. The lowest BCUT2D eigenvalue weighted by Crippen LogP contribution is -2.59. The van der Waals surface area contributed by atoms with Gasteiger partial charge in [0, 0.05) is 26.2 Å². The van der Waals surface area contributed by atoms with Crippen LogP contribution in [0, 0.1) is 0 Å². The molecule has 29 heavy (non-hydrogen) atoms. The van der Waals surface area contributed by atoms with Crippen LogP contribution in [0.3, 0.4) is 0 Å². The number of morpholine rings is 1. The van der Waals surface area contributed by atoms with Crippen LogP contribution < -0.4 is 0 Å². The Morgan fingerprint density at radius 3 is 2.34 bits per heavy atom. The first-order valence-electron chi connectivity index (χ1n) is 9.95. The Morgan fingerprint density at radius 1 is 1.17 bits per heavy atom. The summed E-state index contributed by atoms with van der Waals surface area (Å²) in [4.78, 5) is 15.4. The van der Waals surface area contributed by atoms with E-state index in [9.17, 15) is 18.0 Å². The predicted molar refractivity (Wildman–Crippen MR) is 103 cm³/mol. The molecule has 2 aliphatic rings. The summed E-state index contributed by atoms with van der Waals surface area (Å²) in [5.74, 6) is 0. The first kappa shape index (κ1) is 21.9. The molecule has 1 aromatic rings. The molecule has 1 aromatic carbocycles. The number of piperidine rings is 1. The topological polar surface area (TPSA) is 42.0 Å². The Hall–Kier alpha value is -1.80. The van der Waals surface area contributed by atoms with Crippen molar-refractivity contribution in [1.82, 2.24) is 9.80 Å². The van der Waals surface area contributed by atoms with Gasteiger partial charge in [-0.25, -0.2) is 4.79 Å². The minimum Gasteiger partial charge on any atom is -0.444 e. The molecule has 2 aliphatic heterocycles. The SMILES string of the molecule is CC(C)(C)OC(=O)N1CCC2(CC1)CN(CC(F)(F)F)CC(c1ccccc1)O2. The molecule has 0 bridgehead atoms. The zero-order valence-corrected chi connectivity index (χ0v) is 17.2. The molecule has 2 fully saturated rings. The normalized spacial score (nSPS) is 23.2. The third-order valence-corrected chi connectivity index (χ3v) is 5.23. The fraction of sp³-hybridized carbons (Fsp3) is 0.667. The summed E-state index contributed by atoms with van der Waals surface area (Å²) in [5, 5.41) is 0. The summed E-state index contributed by atoms with van der Waals surface area (Å²) in [6.07, 6.45) is -4.14. The van der Waals surface area contributed by atoms with Gasteiger partial charge in [-0.05, 0) is 39.2 Å². The fourth-order valence-electron chi connectivity index (χ4n) is 4.00. The number of rotatable bonds is 2. The molecule has 0 saturated carbocycles. The highest BCUT2D eigenvalue weighted by Gasteiger charge is 2.46. The van der Waals surface area contributed by atoms with Crippen LogP contribution in [-0.4, -0.2) is 66.0 Å². The monoisotopic (exact) mass is 414 g/mol. The number of ether oxygens (including phenoxy) is 2. The Kier molecular flexibility index (Phi) is 6.15. The van der Waals surface area contributed by atoms with Crippen molar-refractivity contribution in [3.63, 3.8) is 0 Å².